The molecule has 0 N–H and O–H groups in total. The molecule has 0 saturated carbocycles. The third-order valence-corrected chi connectivity index (χ3v) is 4.44. The number of alkyl halides is 1. The van der Waals surface area contributed by atoms with Crippen LogP contribution in [0, 0.1) is 17.6 Å². The lowest BCUT2D eigenvalue weighted by molar-refractivity contribution is -0.115. The van der Waals surface area contributed by atoms with Gasteiger partial charge in [0.25, 0.3) is 0 Å². The summed E-state index contributed by atoms with van der Waals surface area (Å²) < 4.78 is 27.1. The van der Waals surface area contributed by atoms with Gasteiger partial charge in [-0.3, -0.25) is 4.79 Å². The molecule has 1 aromatic rings. The van der Waals surface area contributed by atoms with E-state index < -0.39 is 11.6 Å². The van der Waals surface area contributed by atoms with E-state index in [-0.39, 0.29) is 11.7 Å². The van der Waals surface area contributed by atoms with Crippen LogP contribution in [-0.2, 0) is 11.2 Å². The first kappa shape index (κ1) is 20.3. The van der Waals surface area contributed by atoms with Crippen LogP contribution in [0.1, 0.15) is 51.5 Å². The number of rotatable bonds is 10. The highest BCUT2D eigenvalue weighted by molar-refractivity contribution is 14.1. The smallest absolute Gasteiger partial charge is 0.159 e. The van der Waals surface area contributed by atoms with E-state index in [4.69, 9.17) is 0 Å². The van der Waals surface area contributed by atoms with Gasteiger partial charge in [0.15, 0.2) is 17.4 Å². The van der Waals surface area contributed by atoms with Crippen LogP contribution < -0.4 is 0 Å². The lowest BCUT2D eigenvalue weighted by atomic mass is 9.86. The molecule has 0 aliphatic rings. The molecule has 128 valence electrons. The normalized spacial score (nSPS) is 12.0. The van der Waals surface area contributed by atoms with Crippen LogP contribution >= 0.6 is 22.6 Å². The van der Waals surface area contributed by atoms with Gasteiger partial charge in [-0.15, -0.1) is 0 Å². The molecule has 0 saturated heterocycles. The average molecular weight is 434 g/mol. The lowest BCUT2D eigenvalue weighted by Crippen LogP contribution is -2.14. The summed E-state index contributed by atoms with van der Waals surface area (Å²) >= 11 is 2.21. The molecule has 0 heterocycles. The van der Waals surface area contributed by atoms with Crippen molar-refractivity contribution in [1.29, 1.82) is 0 Å². The summed E-state index contributed by atoms with van der Waals surface area (Å²) in [5.74, 6) is -1.22. The number of carbonyl (C=O) groups excluding carboxylic acids is 1. The zero-order valence-electron chi connectivity index (χ0n) is 13.9. The van der Waals surface area contributed by atoms with Gasteiger partial charge in [0.1, 0.15) is 0 Å². The van der Waals surface area contributed by atoms with E-state index in [1.54, 1.807) is 6.07 Å². The number of halogens is 3. The summed E-state index contributed by atoms with van der Waals surface area (Å²) in [4.78, 5) is 12.5. The number of ketones is 1. The third kappa shape index (κ3) is 6.69. The van der Waals surface area contributed by atoms with Crippen molar-refractivity contribution in [2.75, 3.05) is 4.43 Å². The minimum absolute atomic E-state index is 0.189. The van der Waals surface area contributed by atoms with Gasteiger partial charge in [-0.05, 0) is 48.4 Å². The fourth-order valence-corrected chi connectivity index (χ4v) is 3.27. The first-order valence-corrected chi connectivity index (χ1v) is 9.79. The van der Waals surface area contributed by atoms with E-state index in [0.717, 1.165) is 41.8 Å². The largest absolute Gasteiger partial charge is 0.295 e. The highest BCUT2D eigenvalue weighted by Gasteiger charge is 2.19. The van der Waals surface area contributed by atoms with Crippen molar-refractivity contribution in [3.05, 3.63) is 47.0 Å². The molecule has 0 fully saturated rings. The molecule has 1 aromatic carbocycles. The second-order valence-corrected chi connectivity index (χ2v) is 6.83. The molecule has 0 spiro atoms. The number of Topliss-reactive ketones (excluding diaryl/α,β-unsaturated/α-hetero) is 1. The molecule has 4 heteroatoms. The van der Waals surface area contributed by atoms with Gasteiger partial charge < -0.3 is 0 Å². The fraction of sp³-hybridized carbons (Fsp3) is 0.526. The number of allylic oxidation sites excluding steroid dienone is 2. The molecule has 0 aromatic heterocycles. The van der Waals surface area contributed by atoms with Crippen LogP contribution in [0.3, 0.4) is 0 Å². The van der Waals surface area contributed by atoms with Gasteiger partial charge in [-0.1, -0.05) is 61.4 Å². The first-order chi connectivity index (χ1) is 11.0. The maximum absolute atomic E-state index is 13.3. The zero-order chi connectivity index (χ0) is 17.2. The third-order valence-electron chi connectivity index (χ3n) is 3.90. The quantitative estimate of drug-likeness (QED) is 0.249. The van der Waals surface area contributed by atoms with Gasteiger partial charge in [0.2, 0.25) is 0 Å². The molecular weight excluding hydrogens is 409 g/mol. The van der Waals surface area contributed by atoms with E-state index in [1.165, 1.54) is 6.07 Å². The maximum Gasteiger partial charge on any atom is 0.159 e. The van der Waals surface area contributed by atoms with Crippen molar-refractivity contribution in [2.24, 2.45) is 5.92 Å². The Kier molecular flexibility index (Phi) is 9.60. The van der Waals surface area contributed by atoms with Crippen LogP contribution in [0.25, 0.3) is 0 Å². The summed E-state index contributed by atoms with van der Waals surface area (Å²) in [5.41, 5.74) is 1.56. The predicted octanol–water partition coefficient (Wildman–Crippen LogP) is 6.04. The minimum Gasteiger partial charge on any atom is -0.295 e. The molecule has 0 aliphatic heterocycles. The molecule has 1 nitrogen and oxygen atoms in total. The van der Waals surface area contributed by atoms with E-state index >= 15 is 0 Å². The Bertz CT molecular complexity index is 534. The fourth-order valence-electron chi connectivity index (χ4n) is 2.79. The van der Waals surface area contributed by atoms with E-state index in [0.29, 0.717) is 18.4 Å². The van der Waals surface area contributed by atoms with Crippen LogP contribution in [0.4, 0.5) is 8.78 Å². The monoisotopic (exact) mass is 434 g/mol. The molecule has 23 heavy (non-hydrogen) atoms. The van der Waals surface area contributed by atoms with Crippen molar-refractivity contribution in [2.45, 2.75) is 52.4 Å². The predicted molar refractivity (Wildman–Crippen MR) is 100.0 cm³/mol. The second kappa shape index (κ2) is 10.9. The Morgan fingerprint density at radius 2 is 1.83 bits per heavy atom. The summed E-state index contributed by atoms with van der Waals surface area (Å²) in [6.07, 6.45) is 6.97. The Morgan fingerprint density at radius 1 is 1.17 bits per heavy atom. The van der Waals surface area contributed by atoms with Crippen LogP contribution in [0.15, 0.2) is 29.8 Å². The van der Waals surface area contributed by atoms with Gasteiger partial charge in [0.05, 0.1) is 0 Å². The Hall–Kier alpha value is -0.780. The minimum atomic E-state index is -0.839. The molecule has 0 atom stereocenters. The van der Waals surface area contributed by atoms with Crippen LogP contribution in [0.5, 0.6) is 0 Å². The molecular formula is C19H25F2IO. The molecule has 1 rings (SSSR count). The van der Waals surface area contributed by atoms with Gasteiger partial charge in [-0.2, -0.15) is 0 Å². The summed E-state index contributed by atoms with van der Waals surface area (Å²) in [6.45, 7) is 4.25. The van der Waals surface area contributed by atoms with Crippen molar-refractivity contribution >= 4 is 28.4 Å². The number of carbonyl (C=O) groups is 1. The number of hydrogen-bond donors (Lipinski definition) is 0. The van der Waals surface area contributed by atoms with E-state index in [1.807, 2.05) is 6.08 Å². The summed E-state index contributed by atoms with van der Waals surface area (Å²) in [6, 6.07) is 3.92. The zero-order valence-corrected chi connectivity index (χ0v) is 16.0. The van der Waals surface area contributed by atoms with Crippen molar-refractivity contribution < 1.29 is 13.6 Å². The highest BCUT2D eigenvalue weighted by atomic mass is 127. The first-order valence-electron chi connectivity index (χ1n) is 8.26. The van der Waals surface area contributed by atoms with Crippen LogP contribution in [0.2, 0.25) is 0 Å². The molecule has 0 aliphatic carbocycles. The molecule has 0 radical (unpaired) electrons. The molecule has 0 bridgehead atoms. The van der Waals surface area contributed by atoms with E-state index in [2.05, 4.69) is 36.4 Å². The second-order valence-electron chi connectivity index (χ2n) is 5.75. The summed E-state index contributed by atoms with van der Waals surface area (Å²) in [7, 11) is 0. The van der Waals surface area contributed by atoms with Gasteiger partial charge in [-0.25, -0.2) is 8.78 Å². The van der Waals surface area contributed by atoms with Gasteiger partial charge in [0, 0.05) is 10.8 Å². The average Bonchev–Trinajstić information content (AvgIpc) is 2.51. The molecule has 0 amide bonds. The van der Waals surface area contributed by atoms with E-state index in [9.17, 15) is 13.6 Å². The SMILES string of the molecule is CCCC(CCC)/C(=C\Cc1ccc(F)c(F)c1)C(=O)CCI. The number of benzene rings is 1. The highest BCUT2D eigenvalue weighted by Crippen LogP contribution is 2.25. The standard InChI is InChI=1S/C19H25F2IO/c1-3-5-15(6-4-2)16(19(23)11-12-22)9-7-14-8-10-17(20)18(21)13-14/h8-10,13,15H,3-7,11-12H2,1-2H3/b16-9+. The number of hydrogen-bond acceptors (Lipinski definition) is 1. The van der Waals surface area contributed by atoms with Crippen LogP contribution in [-0.4, -0.2) is 10.2 Å². The van der Waals surface area contributed by atoms with Gasteiger partial charge >= 0.3 is 0 Å². The Labute approximate surface area is 151 Å². The van der Waals surface area contributed by atoms with Crippen molar-refractivity contribution in [3.63, 3.8) is 0 Å². The summed E-state index contributed by atoms with van der Waals surface area (Å²) in [5, 5.41) is 0. The Morgan fingerprint density at radius 3 is 2.35 bits per heavy atom. The van der Waals surface area contributed by atoms with Crippen molar-refractivity contribution in [3.8, 4) is 0 Å². The topological polar surface area (TPSA) is 17.1 Å². The Balaban J connectivity index is 3.00. The lowest BCUT2D eigenvalue weighted by Gasteiger charge is -2.19. The molecule has 0 unspecified atom stereocenters. The maximum atomic E-state index is 13.3. The van der Waals surface area contributed by atoms with Crippen molar-refractivity contribution in [1.82, 2.24) is 0 Å².